The molecule has 0 aliphatic rings. The Hall–Kier alpha value is -2.09. The monoisotopic (exact) mass is 315 g/mol. The van der Waals surface area contributed by atoms with E-state index >= 15 is 0 Å². The summed E-state index contributed by atoms with van der Waals surface area (Å²) in [6.07, 6.45) is 0.966. The van der Waals surface area contributed by atoms with Gasteiger partial charge in [0.25, 0.3) is 0 Å². The number of ketones is 1. The van der Waals surface area contributed by atoms with Gasteiger partial charge in [-0.2, -0.15) is 0 Å². The van der Waals surface area contributed by atoms with Gasteiger partial charge >= 0.3 is 5.97 Å². The van der Waals surface area contributed by atoms with Crippen LogP contribution >= 0.6 is 0 Å². The van der Waals surface area contributed by atoms with E-state index in [9.17, 15) is 23.1 Å². The summed E-state index contributed by atoms with van der Waals surface area (Å²) in [5, 5.41) is 9.83. The van der Waals surface area contributed by atoms with E-state index in [-0.39, 0.29) is 23.6 Å². The van der Waals surface area contributed by atoms with Crippen LogP contribution in [0.1, 0.15) is 25.3 Å². The molecule has 1 rings (SSSR count). The van der Waals surface area contributed by atoms with Gasteiger partial charge in [0.15, 0.2) is 0 Å². The third-order valence-electron chi connectivity index (χ3n) is 2.57. The van der Waals surface area contributed by atoms with Crippen LogP contribution in [0.4, 0.5) is 5.69 Å². The molecule has 0 amide bonds. The number of carbonyl (C=O) groups excluding carboxylic acids is 2. The maximum absolute atomic E-state index is 11.8. The van der Waals surface area contributed by atoms with Crippen molar-refractivity contribution in [3.63, 3.8) is 0 Å². The van der Waals surface area contributed by atoms with Crippen LogP contribution in [0.5, 0.6) is 5.75 Å². The second-order valence-corrected chi connectivity index (χ2v) is 6.19. The van der Waals surface area contributed by atoms with Crippen LogP contribution in [-0.4, -0.2) is 38.1 Å². The molecule has 1 unspecified atom stereocenters. The highest BCUT2D eigenvalue weighted by molar-refractivity contribution is 7.92. The number of nitrogens with one attached hydrogen (secondary N) is 1. The van der Waals surface area contributed by atoms with Crippen molar-refractivity contribution in [2.75, 3.05) is 17.6 Å². The number of phenols is 1. The van der Waals surface area contributed by atoms with Crippen LogP contribution < -0.4 is 4.72 Å². The number of carbonyl (C=O) groups is 2. The SMILES string of the molecule is CCOC(=O)C(C(C)=O)c1cc(NS(C)(=O)=O)ccc1O. The van der Waals surface area contributed by atoms with Gasteiger partial charge in [-0.25, -0.2) is 8.42 Å². The second kappa shape index (κ2) is 6.57. The number of anilines is 1. The number of phenolic OH excluding ortho intramolecular Hbond substituents is 1. The molecule has 2 N–H and O–H groups in total. The number of Topliss-reactive ketones (excluding diaryl/α,β-unsaturated/α-hetero) is 1. The Morgan fingerprint density at radius 2 is 2.00 bits per heavy atom. The lowest BCUT2D eigenvalue weighted by atomic mass is 9.94. The van der Waals surface area contributed by atoms with E-state index in [4.69, 9.17) is 4.74 Å². The summed E-state index contributed by atoms with van der Waals surface area (Å²) in [5.74, 6) is -2.90. The van der Waals surface area contributed by atoms with Crippen molar-refractivity contribution >= 4 is 27.5 Å². The molecule has 1 aromatic rings. The van der Waals surface area contributed by atoms with E-state index < -0.39 is 27.7 Å². The number of ether oxygens (including phenoxy) is 1. The third kappa shape index (κ3) is 4.75. The van der Waals surface area contributed by atoms with Crippen molar-refractivity contribution in [3.05, 3.63) is 23.8 Å². The van der Waals surface area contributed by atoms with Gasteiger partial charge in [0.05, 0.1) is 12.9 Å². The van der Waals surface area contributed by atoms with Gasteiger partial charge in [-0.15, -0.1) is 0 Å². The van der Waals surface area contributed by atoms with E-state index in [1.807, 2.05) is 0 Å². The van der Waals surface area contributed by atoms with Crippen molar-refractivity contribution in [1.82, 2.24) is 0 Å². The van der Waals surface area contributed by atoms with Crippen LogP contribution in [0.15, 0.2) is 18.2 Å². The molecule has 0 aliphatic heterocycles. The minimum Gasteiger partial charge on any atom is -0.508 e. The van der Waals surface area contributed by atoms with Gasteiger partial charge < -0.3 is 9.84 Å². The molecular formula is C13H17NO6S. The lowest BCUT2D eigenvalue weighted by molar-refractivity contribution is -0.147. The van der Waals surface area contributed by atoms with Crippen LogP contribution in [0.3, 0.4) is 0 Å². The molecule has 21 heavy (non-hydrogen) atoms. The molecule has 0 radical (unpaired) electrons. The average Bonchev–Trinajstić information content (AvgIpc) is 2.31. The molecule has 1 aromatic carbocycles. The summed E-state index contributed by atoms with van der Waals surface area (Å²) < 4.78 is 29.4. The molecule has 0 aromatic heterocycles. The first-order valence-corrected chi connectivity index (χ1v) is 8.02. The highest BCUT2D eigenvalue weighted by Gasteiger charge is 2.29. The number of rotatable bonds is 6. The molecule has 1 atom stereocenters. The van der Waals surface area contributed by atoms with Gasteiger partial charge in [0.2, 0.25) is 10.0 Å². The van der Waals surface area contributed by atoms with Gasteiger partial charge in [0, 0.05) is 11.3 Å². The number of esters is 1. The largest absolute Gasteiger partial charge is 0.508 e. The Bertz CT molecular complexity index is 653. The molecular weight excluding hydrogens is 298 g/mol. The molecule has 0 aliphatic carbocycles. The summed E-state index contributed by atoms with van der Waals surface area (Å²) in [6, 6.07) is 3.76. The van der Waals surface area contributed by atoms with Crippen LogP contribution in [0.25, 0.3) is 0 Å². The summed E-state index contributed by atoms with van der Waals surface area (Å²) >= 11 is 0. The molecule has 116 valence electrons. The number of benzene rings is 1. The minimum absolute atomic E-state index is 0.00500. The zero-order valence-electron chi connectivity index (χ0n) is 11.9. The van der Waals surface area contributed by atoms with Gasteiger partial charge in [-0.05, 0) is 32.0 Å². The van der Waals surface area contributed by atoms with Crippen molar-refractivity contribution in [1.29, 1.82) is 0 Å². The number of hydrogen-bond acceptors (Lipinski definition) is 6. The van der Waals surface area contributed by atoms with Crippen molar-refractivity contribution < 1.29 is 27.9 Å². The Labute approximate surface area is 123 Å². The van der Waals surface area contributed by atoms with E-state index in [0.29, 0.717) is 0 Å². The summed E-state index contributed by atoms with van der Waals surface area (Å²) in [7, 11) is -3.52. The average molecular weight is 315 g/mol. The molecule has 0 heterocycles. The van der Waals surface area contributed by atoms with E-state index in [1.165, 1.54) is 25.1 Å². The Morgan fingerprint density at radius 3 is 2.48 bits per heavy atom. The topological polar surface area (TPSA) is 110 Å². The van der Waals surface area contributed by atoms with Crippen LogP contribution in [0.2, 0.25) is 0 Å². The standard InChI is InChI=1S/C13H17NO6S/c1-4-20-13(17)12(8(2)15)10-7-9(5-6-11(10)16)14-21(3,18)19/h5-7,12,14,16H,4H2,1-3H3. The van der Waals surface area contributed by atoms with Crippen molar-refractivity contribution in [2.24, 2.45) is 0 Å². The van der Waals surface area contributed by atoms with Gasteiger partial charge in [-0.1, -0.05) is 0 Å². The lowest BCUT2D eigenvalue weighted by Gasteiger charge is -2.15. The molecule has 0 saturated heterocycles. The van der Waals surface area contributed by atoms with Crippen LogP contribution in [0, 0.1) is 0 Å². The Kier molecular flexibility index (Phi) is 5.31. The van der Waals surface area contributed by atoms with E-state index in [0.717, 1.165) is 6.26 Å². The fourth-order valence-electron chi connectivity index (χ4n) is 1.80. The maximum Gasteiger partial charge on any atom is 0.321 e. The Balaban J connectivity index is 3.28. The number of sulfonamides is 1. The van der Waals surface area contributed by atoms with Crippen molar-refractivity contribution in [3.8, 4) is 5.75 Å². The fourth-order valence-corrected chi connectivity index (χ4v) is 2.36. The third-order valence-corrected chi connectivity index (χ3v) is 3.18. The predicted octanol–water partition coefficient (Wildman–Crippen LogP) is 0.999. The highest BCUT2D eigenvalue weighted by Crippen LogP contribution is 2.30. The number of aromatic hydroxyl groups is 1. The minimum atomic E-state index is -3.52. The second-order valence-electron chi connectivity index (χ2n) is 4.44. The van der Waals surface area contributed by atoms with E-state index in [2.05, 4.69) is 4.72 Å². The zero-order chi connectivity index (χ0) is 16.2. The molecule has 0 fully saturated rings. The first kappa shape index (κ1) is 17.0. The summed E-state index contributed by atoms with van der Waals surface area (Å²) in [5.41, 5.74) is 0.135. The molecule has 7 nitrogen and oxygen atoms in total. The predicted molar refractivity (Wildman–Crippen MR) is 76.6 cm³/mol. The smallest absolute Gasteiger partial charge is 0.321 e. The fraction of sp³-hybridized carbons (Fsp3) is 0.385. The van der Waals surface area contributed by atoms with Gasteiger partial charge in [0.1, 0.15) is 17.5 Å². The zero-order valence-corrected chi connectivity index (χ0v) is 12.7. The Morgan fingerprint density at radius 1 is 1.38 bits per heavy atom. The quantitative estimate of drug-likeness (QED) is 0.460. The van der Waals surface area contributed by atoms with E-state index in [1.54, 1.807) is 6.92 Å². The van der Waals surface area contributed by atoms with Gasteiger partial charge in [-0.3, -0.25) is 14.3 Å². The maximum atomic E-state index is 11.8. The van der Waals surface area contributed by atoms with Crippen molar-refractivity contribution in [2.45, 2.75) is 19.8 Å². The molecule has 0 saturated carbocycles. The molecule has 0 bridgehead atoms. The summed E-state index contributed by atoms with van der Waals surface area (Å²) in [4.78, 5) is 23.5. The first-order chi connectivity index (χ1) is 9.65. The lowest BCUT2D eigenvalue weighted by Crippen LogP contribution is -2.22. The number of hydrogen-bond donors (Lipinski definition) is 2. The first-order valence-electron chi connectivity index (χ1n) is 6.13. The molecule has 0 spiro atoms. The highest BCUT2D eigenvalue weighted by atomic mass is 32.2. The molecule has 8 heteroatoms. The summed E-state index contributed by atoms with van der Waals surface area (Å²) in [6.45, 7) is 2.87. The van der Waals surface area contributed by atoms with Crippen LogP contribution in [-0.2, 0) is 24.3 Å². The normalized spacial score (nSPS) is 12.5.